The van der Waals surface area contributed by atoms with Gasteiger partial charge in [0, 0.05) is 76.5 Å². The van der Waals surface area contributed by atoms with E-state index in [9.17, 15) is 0 Å². The zero-order valence-corrected chi connectivity index (χ0v) is 59.0. The second-order valence-corrected chi connectivity index (χ2v) is 30.6. The van der Waals surface area contributed by atoms with Gasteiger partial charge in [-0.3, -0.25) is 0 Å². The van der Waals surface area contributed by atoms with Crippen LogP contribution in [0.3, 0.4) is 0 Å². The molecule has 0 N–H and O–H groups in total. The largest absolute Gasteiger partial charge is 0.455 e. The molecule has 0 saturated carbocycles. The van der Waals surface area contributed by atoms with Crippen molar-refractivity contribution in [3.05, 3.63) is 356 Å². The molecule has 18 aromatic carbocycles. The Kier molecular flexibility index (Phi) is 12.1. The Balaban J connectivity index is 0.000000129. The first kappa shape index (κ1) is 59.3. The predicted molar refractivity (Wildman–Crippen MR) is 449 cm³/mol. The Morgan fingerprint density at radius 1 is 0.198 bits per heavy atom. The highest BCUT2D eigenvalue weighted by atomic mass is 16.3. The lowest BCUT2D eigenvalue weighted by atomic mass is 9.82. The van der Waals surface area contributed by atoms with Crippen molar-refractivity contribution >= 4 is 152 Å². The van der Waals surface area contributed by atoms with Gasteiger partial charge >= 0.3 is 0 Å². The van der Waals surface area contributed by atoms with Crippen LogP contribution in [0.1, 0.15) is 49.9 Å². The van der Waals surface area contributed by atoms with Gasteiger partial charge in [0.1, 0.15) is 11.2 Å². The molecular weight excluding hydrogens is 1280 g/mol. The van der Waals surface area contributed by atoms with Crippen LogP contribution in [0.5, 0.6) is 0 Å². The molecule has 0 bridgehead atoms. The zero-order chi connectivity index (χ0) is 70.0. The maximum atomic E-state index is 6.45. The highest BCUT2D eigenvalue weighted by Crippen LogP contribution is 2.55. The molecule has 4 nitrogen and oxygen atoms in total. The van der Waals surface area contributed by atoms with Crippen molar-refractivity contribution in [2.24, 2.45) is 0 Å². The molecule has 2 aliphatic rings. The third-order valence-electron chi connectivity index (χ3n) is 24.4. The fourth-order valence-corrected chi connectivity index (χ4v) is 19.5. The van der Waals surface area contributed by atoms with E-state index in [0.29, 0.717) is 0 Å². The number of rotatable bonds is 4. The molecule has 0 aliphatic heterocycles. The summed E-state index contributed by atoms with van der Waals surface area (Å²) in [5.41, 5.74) is 25.6. The third-order valence-corrected chi connectivity index (χ3v) is 24.4. The van der Waals surface area contributed by atoms with Crippen molar-refractivity contribution in [3.63, 3.8) is 0 Å². The second kappa shape index (κ2) is 21.7. The van der Waals surface area contributed by atoms with E-state index in [-0.39, 0.29) is 10.8 Å². The number of hydrogen-bond donors (Lipinski definition) is 0. The van der Waals surface area contributed by atoms with Gasteiger partial charge in [-0.05, 0) is 212 Å². The quantitative estimate of drug-likeness (QED) is 0.161. The van der Waals surface area contributed by atoms with Crippen LogP contribution in [0.25, 0.3) is 202 Å². The van der Waals surface area contributed by atoms with E-state index in [2.05, 4.69) is 369 Å². The van der Waals surface area contributed by atoms with Crippen LogP contribution in [0.4, 0.5) is 0 Å². The van der Waals surface area contributed by atoms with E-state index in [0.717, 1.165) is 50.1 Å². The molecule has 4 heteroatoms. The Labute approximate surface area is 611 Å². The van der Waals surface area contributed by atoms with Crippen molar-refractivity contribution in [2.75, 3.05) is 0 Å². The van der Waals surface area contributed by atoms with Crippen LogP contribution in [0.2, 0.25) is 0 Å². The lowest BCUT2D eigenvalue weighted by Crippen LogP contribution is -2.15. The molecule has 2 aliphatic carbocycles. The first-order valence-electron chi connectivity index (χ1n) is 37.1. The van der Waals surface area contributed by atoms with Crippen molar-refractivity contribution in [3.8, 4) is 50.4 Å². The van der Waals surface area contributed by atoms with Crippen LogP contribution in [-0.2, 0) is 10.8 Å². The number of nitrogens with zero attached hydrogens (tertiary/aromatic N) is 3. The number of hydrogen-bond acceptors (Lipinski definition) is 1. The van der Waals surface area contributed by atoms with E-state index < -0.39 is 0 Å². The molecule has 4 aromatic heterocycles. The first-order chi connectivity index (χ1) is 52.1. The maximum Gasteiger partial charge on any atom is 0.143 e. The summed E-state index contributed by atoms with van der Waals surface area (Å²) in [6, 6.07) is 124. The summed E-state index contributed by atoms with van der Waals surface area (Å²) in [5.74, 6) is 0. The standard InChI is InChI=1S/C51H34N2.C51H33NO/c1-51(2)45-23-10-7-20-37(45)42-28-44-43-27-40-35-18-5-3-16-33(35)34-17-4-6-19-36(34)41(40)29-49(43)53(50(44)30-46(42)51)32-15-13-14-31(26-32)52-47-24-11-8-21-38(47)39-22-9-12-25-48(39)52;1-51(2)45-20-9-7-16-37(45)42-27-44-43-26-40-35-14-5-3-12-33(35)34-13-4-6-15-36(34)41(40)28-47(43)52(48(44)29-46(42)51)31-24-22-30(23-25-31)32-18-11-19-39-38-17-8-10-21-49(38)53-50(32)39/h3-30H,1-2H3;3-29H,1-2H3. The first-order valence-corrected chi connectivity index (χ1v) is 37.1. The SMILES string of the molecule is CC1(C)c2ccccc2-c2cc3c4cc5c6ccccc6c6ccccc6c5cc4n(-c4ccc(-c5cccc6c5oc5ccccc56)cc4)c3cc21.CC1(C)c2ccccc2-c2cc3c4cc5c6ccccc6c6ccccc6c5cc4n(-c4cccc(-n5c6ccccc6c6ccccc65)c4)c3cc21. The summed E-state index contributed by atoms with van der Waals surface area (Å²) >= 11 is 0. The molecule has 0 spiro atoms. The Bertz CT molecular complexity index is 7580. The van der Waals surface area contributed by atoms with Gasteiger partial charge in [0.15, 0.2) is 0 Å². The Morgan fingerprint density at radius 3 is 1.02 bits per heavy atom. The number of fused-ring (bicyclic) bond motifs is 30. The summed E-state index contributed by atoms with van der Waals surface area (Å²) in [7, 11) is 0. The average Bonchev–Trinajstić information content (AvgIpc) is 1.51. The molecular formula is C102H67N3O. The summed E-state index contributed by atoms with van der Waals surface area (Å²) < 4.78 is 13.9. The third kappa shape index (κ3) is 8.13. The van der Waals surface area contributed by atoms with Crippen LogP contribution in [0.15, 0.2) is 338 Å². The van der Waals surface area contributed by atoms with Crippen LogP contribution >= 0.6 is 0 Å². The minimum absolute atomic E-state index is 0.104. The predicted octanol–water partition coefficient (Wildman–Crippen LogP) is 27.8. The summed E-state index contributed by atoms with van der Waals surface area (Å²) in [6.07, 6.45) is 0. The van der Waals surface area contributed by atoms with E-state index in [1.807, 2.05) is 6.07 Å². The molecule has 22 aromatic rings. The van der Waals surface area contributed by atoms with Gasteiger partial charge in [-0.15, -0.1) is 0 Å². The molecule has 0 unspecified atom stereocenters. The van der Waals surface area contributed by atoms with Crippen molar-refractivity contribution in [2.45, 2.75) is 38.5 Å². The lowest BCUT2D eigenvalue weighted by molar-refractivity contribution is 0.661. The zero-order valence-electron chi connectivity index (χ0n) is 59.0. The molecule has 0 fully saturated rings. The second-order valence-electron chi connectivity index (χ2n) is 30.6. The van der Waals surface area contributed by atoms with Crippen LogP contribution in [-0.4, -0.2) is 13.7 Å². The van der Waals surface area contributed by atoms with Gasteiger partial charge < -0.3 is 18.1 Å². The fourth-order valence-electron chi connectivity index (χ4n) is 19.5. The van der Waals surface area contributed by atoms with E-state index in [4.69, 9.17) is 4.42 Å². The maximum absolute atomic E-state index is 6.45. The highest BCUT2D eigenvalue weighted by molar-refractivity contribution is 6.31. The van der Waals surface area contributed by atoms with Crippen LogP contribution in [0, 0.1) is 0 Å². The van der Waals surface area contributed by atoms with Gasteiger partial charge in [0.05, 0.1) is 33.1 Å². The van der Waals surface area contributed by atoms with Crippen molar-refractivity contribution < 1.29 is 4.42 Å². The fraction of sp³-hybridized carbons (Fsp3) is 0.0588. The number of para-hydroxylation sites is 4. The van der Waals surface area contributed by atoms with Crippen LogP contribution < -0.4 is 0 Å². The van der Waals surface area contributed by atoms with Gasteiger partial charge in [0.2, 0.25) is 0 Å². The number of aromatic nitrogens is 3. The monoisotopic (exact) mass is 1350 g/mol. The molecule has 0 radical (unpaired) electrons. The normalized spacial score (nSPS) is 13.6. The van der Waals surface area contributed by atoms with E-state index in [1.54, 1.807) is 0 Å². The topological polar surface area (TPSA) is 27.9 Å². The summed E-state index contributed by atoms with van der Waals surface area (Å²) in [5, 5.41) is 25.5. The number of benzene rings is 18. The number of furan rings is 1. The molecule has 0 atom stereocenters. The van der Waals surface area contributed by atoms with Crippen molar-refractivity contribution in [1.29, 1.82) is 0 Å². The average molecular weight is 1350 g/mol. The van der Waals surface area contributed by atoms with E-state index in [1.165, 1.54) is 175 Å². The molecule has 496 valence electrons. The van der Waals surface area contributed by atoms with Crippen molar-refractivity contribution in [1.82, 2.24) is 13.7 Å². The molecule has 106 heavy (non-hydrogen) atoms. The highest BCUT2D eigenvalue weighted by Gasteiger charge is 2.38. The minimum Gasteiger partial charge on any atom is -0.455 e. The Hall–Kier alpha value is -13.3. The Morgan fingerprint density at radius 2 is 0.538 bits per heavy atom. The van der Waals surface area contributed by atoms with Gasteiger partial charge in [-0.1, -0.05) is 264 Å². The molecule has 0 saturated heterocycles. The van der Waals surface area contributed by atoms with Gasteiger partial charge in [-0.25, -0.2) is 0 Å². The summed E-state index contributed by atoms with van der Waals surface area (Å²) in [6.45, 7) is 9.50. The smallest absolute Gasteiger partial charge is 0.143 e. The van der Waals surface area contributed by atoms with Gasteiger partial charge in [-0.2, -0.15) is 0 Å². The molecule has 4 heterocycles. The molecule has 0 amide bonds. The molecule has 24 rings (SSSR count). The summed E-state index contributed by atoms with van der Waals surface area (Å²) in [4.78, 5) is 0. The van der Waals surface area contributed by atoms with Gasteiger partial charge in [0.25, 0.3) is 0 Å². The minimum atomic E-state index is -0.108. The van der Waals surface area contributed by atoms with E-state index >= 15 is 0 Å². The lowest BCUT2D eigenvalue weighted by Gasteiger charge is -2.21.